The molecule has 10 nitrogen and oxygen atoms in total. The van der Waals surface area contributed by atoms with Crippen LogP contribution in [0, 0.1) is 11.6 Å². The quantitative estimate of drug-likeness (QED) is 0.407. The smallest absolute Gasteiger partial charge is 0.278 e. The summed E-state index contributed by atoms with van der Waals surface area (Å²) >= 11 is 6.64. The number of nitrogens with zero attached hydrogens (tertiary/aromatic N) is 4. The predicted octanol–water partition coefficient (Wildman–Crippen LogP) is 3.78. The molecule has 0 radical (unpaired) electrons. The van der Waals surface area contributed by atoms with Crippen molar-refractivity contribution < 1.29 is 32.9 Å². The van der Waals surface area contributed by atoms with Crippen molar-refractivity contribution in [2.45, 2.75) is 24.4 Å². The van der Waals surface area contributed by atoms with Crippen LogP contribution in [0.25, 0.3) is 0 Å². The zero-order chi connectivity index (χ0) is 30.0. The van der Waals surface area contributed by atoms with E-state index in [9.17, 15) is 19.1 Å². The molecule has 2 aliphatic heterocycles. The molecule has 3 aromatic rings. The number of aromatic hydroxyl groups is 1. The number of carbonyl (C=O) groups excluding carboxylic acids is 1. The van der Waals surface area contributed by atoms with Crippen LogP contribution in [0.3, 0.4) is 0 Å². The van der Waals surface area contributed by atoms with Crippen LogP contribution in [0.5, 0.6) is 11.5 Å². The SMILES string of the molecule is COCCC1(CCOC)/C=C/COc2c(ccc(F)c2F)C(c2ncccc2Cl)N2CN1C(=O)c1c(O)c(=O)ccn12. The van der Waals surface area contributed by atoms with Gasteiger partial charge in [0, 0.05) is 51.5 Å². The van der Waals surface area contributed by atoms with Gasteiger partial charge in [0.2, 0.25) is 11.2 Å². The standard InChI is InChI=1S/C29H29ClF2N4O6/c1-40-15-10-29(11-16-41-2)9-4-14-42-27-18(6-7-20(31)22(27)32)24(23-19(30)5-3-12-33-23)36-17-34(29)28(39)25-26(38)21(37)8-13-35(25)36/h3-9,12-13,24,38H,10-11,14-17H2,1-2H3/b9-4+. The first-order chi connectivity index (χ1) is 20.2. The van der Waals surface area contributed by atoms with Crippen LogP contribution in [0.15, 0.2) is 59.7 Å². The molecular formula is C29H29ClF2N4O6. The van der Waals surface area contributed by atoms with E-state index < -0.39 is 40.3 Å². The lowest BCUT2D eigenvalue weighted by atomic mass is 9.88. The van der Waals surface area contributed by atoms with E-state index in [2.05, 4.69) is 4.98 Å². The number of amides is 1. The first kappa shape index (κ1) is 29.5. The van der Waals surface area contributed by atoms with E-state index in [4.69, 9.17) is 25.8 Å². The van der Waals surface area contributed by atoms with Gasteiger partial charge in [-0.2, -0.15) is 4.39 Å². The molecule has 42 heavy (non-hydrogen) atoms. The Balaban J connectivity index is 1.87. The van der Waals surface area contributed by atoms with Crippen LogP contribution >= 0.6 is 11.6 Å². The highest BCUT2D eigenvalue weighted by Crippen LogP contribution is 2.42. The number of hydrogen-bond donors (Lipinski definition) is 1. The van der Waals surface area contributed by atoms with E-state index in [0.717, 1.165) is 12.1 Å². The minimum absolute atomic E-state index is 0.151. The maximum absolute atomic E-state index is 15.4. The first-order valence-corrected chi connectivity index (χ1v) is 13.5. The molecule has 2 bridgehead atoms. The topological polar surface area (TPSA) is 106 Å². The summed E-state index contributed by atoms with van der Waals surface area (Å²) in [5, 5.41) is 12.8. The molecule has 13 heteroatoms. The van der Waals surface area contributed by atoms with Gasteiger partial charge in [-0.1, -0.05) is 17.7 Å². The van der Waals surface area contributed by atoms with E-state index in [1.54, 1.807) is 29.3 Å². The summed E-state index contributed by atoms with van der Waals surface area (Å²) in [5.74, 6) is -4.10. The van der Waals surface area contributed by atoms with E-state index in [1.807, 2.05) is 0 Å². The summed E-state index contributed by atoms with van der Waals surface area (Å²) in [5.41, 5.74) is -1.77. The summed E-state index contributed by atoms with van der Waals surface area (Å²) in [6.07, 6.45) is 6.76. The Morgan fingerprint density at radius 1 is 1.14 bits per heavy atom. The number of benzene rings is 1. The summed E-state index contributed by atoms with van der Waals surface area (Å²) in [6, 6.07) is 5.56. The van der Waals surface area contributed by atoms with Crippen LogP contribution < -0.4 is 15.2 Å². The zero-order valence-corrected chi connectivity index (χ0v) is 23.7. The fourth-order valence-corrected chi connectivity index (χ4v) is 5.67. The average Bonchev–Trinajstić information content (AvgIpc) is 3.00. The van der Waals surface area contributed by atoms with Crippen LogP contribution in [0.1, 0.15) is 40.6 Å². The number of rotatable bonds is 7. The second-order valence-corrected chi connectivity index (χ2v) is 10.3. The zero-order valence-electron chi connectivity index (χ0n) is 22.9. The third-order valence-corrected chi connectivity index (χ3v) is 7.87. The molecule has 2 aliphatic rings. The van der Waals surface area contributed by atoms with Crippen molar-refractivity contribution in [2.75, 3.05) is 45.7 Å². The minimum atomic E-state index is -1.21. The van der Waals surface area contributed by atoms with Gasteiger partial charge >= 0.3 is 0 Å². The molecule has 0 aliphatic carbocycles. The molecule has 1 unspecified atom stereocenters. The van der Waals surface area contributed by atoms with Crippen molar-refractivity contribution in [1.82, 2.24) is 14.6 Å². The van der Waals surface area contributed by atoms with Gasteiger partial charge in [-0.05, 0) is 43.2 Å². The Morgan fingerprint density at radius 2 is 1.88 bits per heavy atom. The lowest BCUT2D eigenvalue weighted by molar-refractivity contribution is 0.0276. The van der Waals surface area contributed by atoms with Crippen molar-refractivity contribution in [1.29, 1.82) is 0 Å². The molecule has 2 aromatic heterocycles. The van der Waals surface area contributed by atoms with Crippen molar-refractivity contribution in [3.8, 4) is 11.5 Å². The van der Waals surface area contributed by atoms with Gasteiger partial charge in [0.1, 0.15) is 19.3 Å². The number of hydrogen-bond acceptors (Lipinski definition) is 8. The van der Waals surface area contributed by atoms with Crippen LogP contribution in [-0.2, 0) is 9.47 Å². The van der Waals surface area contributed by atoms with Crippen LogP contribution in [0.2, 0.25) is 5.02 Å². The Morgan fingerprint density at radius 3 is 2.57 bits per heavy atom. The van der Waals surface area contributed by atoms with Gasteiger partial charge in [0.25, 0.3) is 5.91 Å². The number of ether oxygens (including phenoxy) is 3. The van der Waals surface area contributed by atoms with Gasteiger partial charge in [0.05, 0.1) is 16.3 Å². The van der Waals surface area contributed by atoms with Gasteiger partial charge in [-0.3, -0.25) is 24.3 Å². The Hall–Kier alpha value is -4.00. The fourth-order valence-electron chi connectivity index (χ4n) is 5.45. The highest BCUT2D eigenvalue weighted by atomic mass is 35.5. The van der Waals surface area contributed by atoms with Crippen LogP contribution in [-0.4, -0.2) is 71.8 Å². The van der Waals surface area contributed by atoms with E-state index in [-0.39, 0.29) is 54.2 Å². The lowest BCUT2D eigenvalue weighted by Crippen LogP contribution is -2.63. The van der Waals surface area contributed by atoms with E-state index in [1.165, 1.54) is 42.3 Å². The summed E-state index contributed by atoms with van der Waals surface area (Å²) in [6.45, 7) is 0.154. The van der Waals surface area contributed by atoms with Crippen molar-refractivity contribution in [2.24, 2.45) is 0 Å². The molecular weight excluding hydrogens is 574 g/mol. The third kappa shape index (κ3) is 5.10. The Labute approximate surface area is 245 Å². The highest BCUT2D eigenvalue weighted by molar-refractivity contribution is 6.31. The van der Waals surface area contributed by atoms with Gasteiger partial charge < -0.3 is 24.2 Å². The lowest BCUT2D eigenvalue weighted by Gasteiger charge is -2.50. The number of halogens is 3. The number of methoxy groups -OCH3 is 2. The van der Waals surface area contributed by atoms with Gasteiger partial charge in [-0.25, -0.2) is 4.39 Å². The molecule has 0 spiro atoms. The summed E-state index contributed by atoms with van der Waals surface area (Å²) in [4.78, 5) is 32.8. The molecule has 0 saturated carbocycles. The maximum atomic E-state index is 15.4. The summed E-state index contributed by atoms with van der Waals surface area (Å²) in [7, 11) is 3.06. The molecule has 1 amide bonds. The fraction of sp³-hybridized carbons (Fsp3) is 0.345. The molecule has 1 aromatic carbocycles. The molecule has 5 rings (SSSR count). The molecule has 0 fully saturated rings. The number of aromatic nitrogens is 2. The third-order valence-electron chi connectivity index (χ3n) is 7.55. The predicted molar refractivity (Wildman–Crippen MR) is 149 cm³/mol. The van der Waals surface area contributed by atoms with E-state index >= 15 is 4.39 Å². The number of carbonyl (C=O) groups is 1. The van der Waals surface area contributed by atoms with Gasteiger partial charge in [-0.15, -0.1) is 0 Å². The Bertz CT molecular complexity index is 1570. The minimum Gasteiger partial charge on any atom is -0.502 e. The van der Waals surface area contributed by atoms with Crippen molar-refractivity contribution in [3.63, 3.8) is 0 Å². The first-order valence-electron chi connectivity index (χ1n) is 13.1. The molecule has 1 atom stereocenters. The molecule has 222 valence electrons. The average molecular weight is 603 g/mol. The Kier molecular flexibility index (Phi) is 8.48. The molecule has 4 heterocycles. The monoisotopic (exact) mass is 602 g/mol. The normalized spacial score (nSPS) is 18.5. The second kappa shape index (κ2) is 12.1. The number of fused-ring (bicyclic) bond motifs is 5. The van der Waals surface area contributed by atoms with Crippen LogP contribution in [0.4, 0.5) is 8.78 Å². The van der Waals surface area contributed by atoms with Crippen molar-refractivity contribution >= 4 is 17.5 Å². The highest BCUT2D eigenvalue weighted by Gasteiger charge is 2.46. The maximum Gasteiger partial charge on any atom is 0.278 e. The second-order valence-electron chi connectivity index (χ2n) is 9.89. The van der Waals surface area contributed by atoms with E-state index in [0.29, 0.717) is 12.8 Å². The number of pyridine rings is 2. The van der Waals surface area contributed by atoms with Crippen molar-refractivity contribution in [3.05, 3.63) is 98.7 Å². The molecule has 0 saturated heterocycles. The summed E-state index contributed by atoms with van der Waals surface area (Å²) < 4.78 is 48.0. The molecule has 1 N–H and O–H groups in total. The van der Waals surface area contributed by atoms with Gasteiger partial charge in [0.15, 0.2) is 23.0 Å². The largest absolute Gasteiger partial charge is 0.502 e.